The van der Waals surface area contributed by atoms with E-state index in [4.69, 9.17) is 16.3 Å². The quantitative estimate of drug-likeness (QED) is 0.791. The van der Waals surface area contributed by atoms with E-state index in [1.54, 1.807) is 19.1 Å². The van der Waals surface area contributed by atoms with Crippen molar-refractivity contribution >= 4 is 21.6 Å². The second-order valence-corrected chi connectivity index (χ2v) is 8.02. The van der Waals surface area contributed by atoms with Gasteiger partial charge in [-0.3, -0.25) is 0 Å². The topological polar surface area (TPSA) is 72.4 Å². The lowest BCUT2D eigenvalue weighted by Crippen LogP contribution is -2.31. The van der Waals surface area contributed by atoms with Crippen molar-refractivity contribution < 1.29 is 17.5 Å². The number of rotatable bonds is 5. The van der Waals surface area contributed by atoms with E-state index < -0.39 is 21.9 Å². The average molecular weight is 386 g/mol. The lowest BCUT2D eigenvalue weighted by Gasteiger charge is -2.17. The molecule has 134 valence electrons. The number of aromatic nitrogens is 2. The molecular formula is C16H17ClFN3O3S. The molecule has 0 amide bonds. The van der Waals surface area contributed by atoms with Gasteiger partial charge in [0, 0.05) is 11.6 Å². The fourth-order valence-corrected chi connectivity index (χ4v) is 4.45. The Morgan fingerprint density at radius 3 is 2.92 bits per heavy atom. The fourth-order valence-electron chi connectivity index (χ4n) is 2.66. The van der Waals surface area contributed by atoms with Crippen LogP contribution in [0.4, 0.5) is 4.39 Å². The summed E-state index contributed by atoms with van der Waals surface area (Å²) in [6.07, 6.45) is 1.64. The fraction of sp³-hybridized carbons (Fsp3) is 0.375. The van der Waals surface area contributed by atoms with Crippen LogP contribution in [0.2, 0.25) is 5.02 Å². The number of sulfonamides is 1. The minimum atomic E-state index is -3.67. The summed E-state index contributed by atoms with van der Waals surface area (Å²) in [5.41, 5.74) is 0.270. The predicted octanol–water partition coefficient (Wildman–Crippen LogP) is 2.67. The monoisotopic (exact) mass is 385 g/mol. The summed E-state index contributed by atoms with van der Waals surface area (Å²) in [4.78, 5) is 7.79. The molecule has 0 saturated carbocycles. The average Bonchev–Trinajstić information content (AvgIpc) is 3.06. The first-order valence-electron chi connectivity index (χ1n) is 7.83. The summed E-state index contributed by atoms with van der Waals surface area (Å²) in [7, 11) is -3.67. The maximum absolute atomic E-state index is 14.2. The van der Waals surface area contributed by atoms with Crippen LogP contribution in [0, 0.1) is 5.82 Å². The van der Waals surface area contributed by atoms with Gasteiger partial charge in [0.25, 0.3) is 5.88 Å². The maximum Gasteiger partial charge on any atom is 0.254 e. The Labute approximate surface area is 150 Å². The van der Waals surface area contributed by atoms with Gasteiger partial charge in [-0.25, -0.2) is 13.4 Å². The van der Waals surface area contributed by atoms with Gasteiger partial charge in [-0.15, -0.1) is 0 Å². The normalized spacial score (nSPS) is 18.4. The molecule has 6 nitrogen and oxygen atoms in total. The molecule has 1 saturated heterocycles. The predicted molar refractivity (Wildman–Crippen MR) is 90.6 cm³/mol. The van der Waals surface area contributed by atoms with Crippen molar-refractivity contribution in [2.24, 2.45) is 0 Å². The minimum Gasteiger partial charge on any atom is -0.471 e. The van der Waals surface area contributed by atoms with Gasteiger partial charge in [0.2, 0.25) is 15.8 Å². The Bertz CT molecular complexity index is 879. The Balaban J connectivity index is 1.74. The van der Waals surface area contributed by atoms with E-state index in [0.717, 1.165) is 0 Å². The molecule has 1 aromatic heterocycles. The number of ether oxygens (including phenoxy) is 1. The number of hydrogen-bond acceptors (Lipinski definition) is 5. The van der Waals surface area contributed by atoms with Crippen molar-refractivity contribution in [2.75, 3.05) is 13.1 Å². The lowest BCUT2D eigenvalue weighted by atomic mass is 10.3. The van der Waals surface area contributed by atoms with Crippen molar-refractivity contribution in [1.29, 1.82) is 0 Å². The van der Waals surface area contributed by atoms with E-state index >= 15 is 0 Å². The highest BCUT2D eigenvalue weighted by Crippen LogP contribution is 2.26. The molecule has 1 aromatic carbocycles. The Hall–Kier alpha value is -1.77. The van der Waals surface area contributed by atoms with Crippen LogP contribution in [0.15, 0.2) is 35.5 Å². The largest absolute Gasteiger partial charge is 0.471 e. The van der Waals surface area contributed by atoms with E-state index in [1.165, 1.54) is 22.8 Å². The van der Waals surface area contributed by atoms with Crippen LogP contribution in [-0.4, -0.2) is 41.9 Å². The first kappa shape index (κ1) is 18.0. The van der Waals surface area contributed by atoms with E-state index in [0.29, 0.717) is 17.9 Å². The number of benzene rings is 1. The number of hydrogen-bond donors (Lipinski definition) is 0. The zero-order valence-corrected chi connectivity index (χ0v) is 15.1. The molecule has 0 unspecified atom stereocenters. The van der Waals surface area contributed by atoms with Crippen LogP contribution in [-0.2, 0) is 16.4 Å². The number of halogens is 2. The highest BCUT2D eigenvalue weighted by atomic mass is 35.5. The van der Waals surface area contributed by atoms with Crippen LogP contribution in [0.5, 0.6) is 5.88 Å². The van der Waals surface area contributed by atoms with E-state index in [1.807, 2.05) is 0 Å². The molecule has 1 atom stereocenters. The third-order valence-electron chi connectivity index (χ3n) is 3.98. The highest BCUT2D eigenvalue weighted by Gasteiger charge is 2.34. The smallest absolute Gasteiger partial charge is 0.254 e. The molecule has 2 heterocycles. The van der Waals surface area contributed by atoms with Crippen molar-refractivity contribution in [3.63, 3.8) is 0 Å². The van der Waals surface area contributed by atoms with Crippen molar-refractivity contribution in [1.82, 2.24) is 14.3 Å². The first-order valence-corrected chi connectivity index (χ1v) is 9.65. The molecule has 0 spiro atoms. The molecular weight excluding hydrogens is 369 g/mol. The van der Waals surface area contributed by atoms with Gasteiger partial charge in [-0.05, 0) is 31.0 Å². The van der Waals surface area contributed by atoms with Crippen molar-refractivity contribution in [2.45, 2.75) is 30.8 Å². The van der Waals surface area contributed by atoms with Crippen LogP contribution < -0.4 is 4.74 Å². The zero-order chi connectivity index (χ0) is 18.0. The van der Waals surface area contributed by atoms with Crippen molar-refractivity contribution in [3.05, 3.63) is 47.1 Å². The van der Waals surface area contributed by atoms with Crippen molar-refractivity contribution in [3.8, 4) is 5.88 Å². The molecule has 1 aliphatic rings. The second kappa shape index (κ2) is 7.23. The zero-order valence-electron chi connectivity index (χ0n) is 13.5. The molecule has 2 aromatic rings. The van der Waals surface area contributed by atoms with E-state index in [-0.39, 0.29) is 29.6 Å². The summed E-state index contributed by atoms with van der Waals surface area (Å²) in [5.74, 6) is -0.736. The summed E-state index contributed by atoms with van der Waals surface area (Å²) in [6, 6.07) is 6.09. The lowest BCUT2D eigenvalue weighted by molar-refractivity contribution is 0.195. The summed E-state index contributed by atoms with van der Waals surface area (Å²) in [6.45, 7) is 2.19. The molecule has 25 heavy (non-hydrogen) atoms. The Kier molecular flexibility index (Phi) is 5.21. The molecule has 0 bridgehead atoms. The molecule has 1 fully saturated rings. The third kappa shape index (κ3) is 3.75. The molecule has 0 aliphatic carbocycles. The standard InChI is InChI=1S/C16H17ClFN3O3S/c1-2-14-15(18)16(20-10-19-14)24-12-6-7-21(9-12)25(22,23)13-5-3-4-11(17)8-13/h3-5,8,10,12H,2,6-7,9H2,1H3/t12-/m1/s1. The maximum atomic E-state index is 14.2. The van der Waals surface area contributed by atoms with Gasteiger partial charge in [-0.2, -0.15) is 13.7 Å². The van der Waals surface area contributed by atoms with Gasteiger partial charge < -0.3 is 4.74 Å². The molecule has 1 aliphatic heterocycles. The van der Waals surface area contributed by atoms with Gasteiger partial charge in [-0.1, -0.05) is 24.6 Å². The van der Waals surface area contributed by atoms with Gasteiger partial charge in [0.1, 0.15) is 12.4 Å². The number of nitrogens with zero attached hydrogens (tertiary/aromatic N) is 3. The van der Waals surface area contributed by atoms with E-state index in [2.05, 4.69) is 9.97 Å². The molecule has 9 heteroatoms. The molecule has 0 radical (unpaired) electrons. The SMILES string of the molecule is CCc1ncnc(O[C@@H]2CCN(S(=O)(=O)c3cccc(Cl)c3)C2)c1F. The van der Waals surface area contributed by atoms with Gasteiger partial charge in [0.15, 0.2) is 0 Å². The third-order valence-corrected chi connectivity index (χ3v) is 6.08. The first-order chi connectivity index (χ1) is 11.9. The minimum absolute atomic E-state index is 0.125. The van der Waals surface area contributed by atoms with Crippen LogP contribution >= 0.6 is 11.6 Å². The Morgan fingerprint density at radius 2 is 2.20 bits per heavy atom. The van der Waals surface area contributed by atoms with Crippen LogP contribution in [0.3, 0.4) is 0 Å². The van der Waals surface area contributed by atoms with Gasteiger partial charge in [0.05, 0.1) is 17.1 Å². The Morgan fingerprint density at radius 1 is 1.40 bits per heavy atom. The summed E-state index contributed by atoms with van der Waals surface area (Å²) in [5, 5.41) is 0.350. The molecule has 0 N–H and O–H groups in total. The summed E-state index contributed by atoms with van der Waals surface area (Å²) >= 11 is 5.88. The number of aryl methyl sites for hydroxylation is 1. The second-order valence-electron chi connectivity index (χ2n) is 5.64. The van der Waals surface area contributed by atoms with Crippen LogP contribution in [0.25, 0.3) is 0 Å². The van der Waals surface area contributed by atoms with Crippen LogP contribution in [0.1, 0.15) is 19.0 Å². The molecule has 3 rings (SSSR count). The van der Waals surface area contributed by atoms with E-state index in [9.17, 15) is 12.8 Å². The highest BCUT2D eigenvalue weighted by molar-refractivity contribution is 7.89. The van der Waals surface area contributed by atoms with Gasteiger partial charge >= 0.3 is 0 Å². The summed E-state index contributed by atoms with van der Waals surface area (Å²) < 4.78 is 46.4.